The van der Waals surface area contributed by atoms with Gasteiger partial charge in [0.15, 0.2) is 0 Å². The Bertz CT molecular complexity index is 1630. The van der Waals surface area contributed by atoms with Gasteiger partial charge in [-0.05, 0) is 87.0 Å². The van der Waals surface area contributed by atoms with E-state index in [0.717, 1.165) is 28.0 Å². The number of hydrogen-bond donors (Lipinski definition) is 3. The fourth-order valence-electron chi connectivity index (χ4n) is 4.10. The largest absolute Gasteiger partial charge is 0.353 e. The first kappa shape index (κ1) is 26.6. The Labute approximate surface area is 225 Å². The summed E-state index contributed by atoms with van der Waals surface area (Å²) in [5.74, 6) is -0.720. The highest BCUT2D eigenvalue weighted by atomic mass is 35.5. The number of fused-ring (bicyclic) bond motifs is 1. The Balaban J connectivity index is 0.00000336. The Morgan fingerprint density at radius 1 is 1.08 bits per heavy atom. The lowest BCUT2D eigenvalue weighted by molar-refractivity contribution is 0.101. The van der Waals surface area contributed by atoms with Gasteiger partial charge in [-0.1, -0.05) is 6.07 Å². The molecule has 3 heterocycles. The van der Waals surface area contributed by atoms with Gasteiger partial charge < -0.3 is 10.6 Å². The van der Waals surface area contributed by atoms with Gasteiger partial charge in [0, 0.05) is 29.5 Å². The Hall–Kier alpha value is -4.50. The molecule has 3 aromatic heterocycles. The molecule has 10 heteroatoms. The molecular formula is C28H27ClFN7O. The van der Waals surface area contributed by atoms with Gasteiger partial charge in [0.05, 0.1) is 28.3 Å². The van der Waals surface area contributed by atoms with E-state index in [1.165, 1.54) is 6.07 Å². The number of aromatic amines is 1. The first-order valence-electron chi connectivity index (χ1n) is 11.9. The molecule has 2 aromatic carbocycles. The maximum absolute atomic E-state index is 14.9. The van der Waals surface area contributed by atoms with Crippen LogP contribution in [0.25, 0.3) is 23.1 Å². The standard InChI is InChI=1S/C28H26FN7O.ClH/c1-4-36-27(14-18(3)35-36)28(37)32-24-16-26(22(29)13-17(24)2)31-20-8-10-21-23(33-34-25(21)15-20)11-9-19-7-5-6-12-30-19;/h5-16,31H,4H2,1-3H3,(H,32,37)(H,33,34);1H/b11-9+;. The molecule has 0 saturated heterocycles. The molecule has 0 fully saturated rings. The third kappa shape index (κ3) is 5.57. The summed E-state index contributed by atoms with van der Waals surface area (Å²) in [6, 6.07) is 16.1. The SMILES string of the molecule is CCn1nc(C)cc1C(=O)Nc1cc(Nc2ccc3c(/C=C/c4ccccn4)n[nH]c3c2)c(F)cc1C.Cl. The zero-order valence-corrected chi connectivity index (χ0v) is 21.9. The number of amides is 1. The fourth-order valence-corrected chi connectivity index (χ4v) is 4.10. The minimum Gasteiger partial charge on any atom is -0.353 e. The van der Waals surface area contributed by atoms with Gasteiger partial charge in [0.2, 0.25) is 0 Å². The number of rotatable bonds is 7. The van der Waals surface area contributed by atoms with E-state index < -0.39 is 5.82 Å². The number of hydrogen-bond acceptors (Lipinski definition) is 5. The van der Waals surface area contributed by atoms with Crippen LogP contribution in [0, 0.1) is 19.7 Å². The number of aryl methyl sites for hydroxylation is 3. The molecule has 194 valence electrons. The van der Waals surface area contributed by atoms with Crippen molar-refractivity contribution in [3.05, 3.63) is 95.0 Å². The van der Waals surface area contributed by atoms with Crippen molar-refractivity contribution in [2.75, 3.05) is 10.6 Å². The van der Waals surface area contributed by atoms with Gasteiger partial charge in [0.1, 0.15) is 11.5 Å². The molecule has 3 N–H and O–H groups in total. The Morgan fingerprint density at radius 2 is 1.92 bits per heavy atom. The predicted octanol–water partition coefficient (Wildman–Crippen LogP) is 6.52. The Morgan fingerprint density at radius 3 is 2.68 bits per heavy atom. The van der Waals surface area contributed by atoms with E-state index in [1.54, 1.807) is 29.9 Å². The maximum atomic E-state index is 14.9. The second-order valence-corrected chi connectivity index (χ2v) is 8.67. The van der Waals surface area contributed by atoms with Gasteiger partial charge in [0.25, 0.3) is 5.91 Å². The molecule has 0 spiro atoms. The fraction of sp³-hybridized carbons (Fsp3) is 0.143. The second-order valence-electron chi connectivity index (χ2n) is 8.67. The molecule has 1 amide bonds. The van der Waals surface area contributed by atoms with Crippen molar-refractivity contribution in [1.82, 2.24) is 25.0 Å². The zero-order valence-electron chi connectivity index (χ0n) is 21.1. The van der Waals surface area contributed by atoms with E-state index >= 15 is 0 Å². The molecule has 8 nitrogen and oxygen atoms in total. The van der Waals surface area contributed by atoms with E-state index in [4.69, 9.17) is 0 Å². The molecule has 0 atom stereocenters. The number of nitrogens with one attached hydrogen (secondary N) is 3. The average Bonchev–Trinajstić information content (AvgIpc) is 3.48. The lowest BCUT2D eigenvalue weighted by Crippen LogP contribution is -2.18. The minimum atomic E-state index is -0.423. The van der Waals surface area contributed by atoms with Crippen LogP contribution in [-0.2, 0) is 6.54 Å². The Kier molecular flexibility index (Phi) is 7.87. The van der Waals surface area contributed by atoms with Crippen LogP contribution in [0.1, 0.15) is 40.1 Å². The number of benzene rings is 2. The van der Waals surface area contributed by atoms with E-state index in [1.807, 2.05) is 62.4 Å². The van der Waals surface area contributed by atoms with Gasteiger partial charge in [-0.3, -0.25) is 19.6 Å². The van der Waals surface area contributed by atoms with Crippen LogP contribution >= 0.6 is 12.4 Å². The maximum Gasteiger partial charge on any atom is 0.273 e. The number of H-pyrrole nitrogens is 1. The number of nitrogens with zero attached hydrogens (tertiary/aromatic N) is 4. The van der Waals surface area contributed by atoms with Gasteiger partial charge in [-0.15, -0.1) is 12.4 Å². The number of halogens is 2. The quantitative estimate of drug-likeness (QED) is 0.222. The molecule has 0 radical (unpaired) electrons. The lowest BCUT2D eigenvalue weighted by atomic mass is 10.1. The van der Waals surface area contributed by atoms with E-state index in [9.17, 15) is 9.18 Å². The van der Waals surface area contributed by atoms with Crippen LogP contribution < -0.4 is 10.6 Å². The normalized spacial score (nSPS) is 11.1. The lowest BCUT2D eigenvalue weighted by Gasteiger charge is -2.14. The van der Waals surface area contributed by atoms with Crippen molar-refractivity contribution < 1.29 is 9.18 Å². The smallest absolute Gasteiger partial charge is 0.273 e. The van der Waals surface area contributed by atoms with Gasteiger partial charge in [-0.25, -0.2) is 4.39 Å². The van der Waals surface area contributed by atoms with Crippen molar-refractivity contribution in [2.45, 2.75) is 27.3 Å². The summed E-state index contributed by atoms with van der Waals surface area (Å²) in [5.41, 5.74) is 5.68. The highest BCUT2D eigenvalue weighted by molar-refractivity contribution is 6.04. The highest BCUT2D eigenvalue weighted by Crippen LogP contribution is 2.29. The number of anilines is 3. The predicted molar refractivity (Wildman–Crippen MR) is 152 cm³/mol. The van der Waals surface area contributed by atoms with E-state index in [0.29, 0.717) is 29.2 Å². The number of carbonyl (C=O) groups excluding carboxylic acids is 1. The second kappa shape index (κ2) is 11.3. The molecule has 0 aliphatic heterocycles. The molecule has 5 rings (SSSR count). The van der Waals surface area contributed by atoms with E-state index in [2.05, 4.69) is 30.9 Å². The van der Waals surface area contributed by atoms with E-state index in [-0.39, 0.29) is 24.0 Å². The summed E-state index contributed by atoms with van der Waals surface area (Å²) in [5, 5.41) is 18.7. The molecule has 5 aromatic rings. The summed E-state index contributed by atoms with van der Waals surface area (Å²) >= 11 is 0. The topological polar surface area (TPSA) is 101 Å². The highest BCUT2D eigenvalue weighted by Gasteiger charge is 2.16. The molecule has 0 unspecified atom stereocenters. The molecule has 0 bridgehead atoms. The van der Waals surface area contributed by atoms with Crippen LogP contribution in [0.2, 0.25) is 0 Å². The molecule has 38 heavy (non-hydrogen) atoms. The van der Waals surface area contributed by atoms with Crippen LogP contribution in [0.15, 0.2) is 60.8 Å². The van der Waals surface area contributed by atoms with Crippen LogP contribution in [0.3, 0.4) is 0 Å². The third-order valence-corrected chi connectivity index (χ3v) is 5.97. The van der Waals surface area contributed by atoms with Crippen LogP contribution in [0.4, 0.5) is 21.5 Å². The van der Waals surface area contributed by atoms with Crippen LogP contribution in [-0.4, -0.2) is 30.9 Å². The van der Waals surface area contributed by atoms with Crippen molar-refractivity contribution in [3.8, 4) is 0 Å². The number of aromatic nitrogens is 5. The zero-order chi connectivity index (χ0) is 25.9. The summed E-state index contributed by atoms with van der Waals surface area (Å²) < 4.78 is 16.5. The number of carbonyl (C=O) groups is 1. The molecule has 0 aliphatic rings. The summed E-state index contributed by atoms with van der Waals surface area (Å²) in [7, 11) is 0. The van der Waals surface area contributed by atoms with Gasteiger partial charge in [-0.2, -0.15) is 10.2 Å². The van der Waals surface area contributed by atoms with Crippen LogP contribution in [0.5, 0.6) is 0 Å². The summed E-state index contributed by atoms with van der Waals surface area (Å²) in [6.45, 7) is 6.08. The first-order chi connectivity index (χ1) is 17.9. The average molecular weight is 532 g/mol. The first-order valence-corrected chi connectivity index (χ1v) is 11.9. The molecule has 0 saturated carbocycles. The van der Waals surface area contributed by atoms with Crippen molar-refractivity contribution in [1.29, 1.82) is 0 Å². The third-order valence-electron chi connectivity index (χ3n) is 5.97. The number of pyridine rings is 1. The monoisotopic (exact) mass is 531 g/mol. The van der Waals surface area contributed by atoms with Gasteiger partial charge >= 0.3 is 0 Å². The summed E-state index contributed by atoms with van der Waals surface area (Å²) in [4.78, 5) is 17.2. The molecular weight excluding hydrogens is 505 g/mol. The van der Waals surface area contributed by atoms with Crippen molar-refractivity contribution >= 4 is 58.4 Å². The minimum absolute atomic E-state index is 0. The molecule has 0 aliphatic carbocycles. The van der Waals surface area contributed by atoms with Crippen molar-refractivity contribution in [3.63, 3.8) is 0 Å². The van der Waals surface area contributed by atoms with Crippen molar-refractivity contribution in [2.24, 2.45) is 0 Å². The summed E-state index contributed by atoms with van der Waals surface area (Å²) in [6.07, 6.45) is 5.53.